The Morgan fingerprint density at radius 1 is 1.53 bits per heavy atom. The van der Waals surface area contributed by atoms with E-state index >= 15 is 0 Å². The first-order valence-corrected chi connectivity index (χ1v) is 5.76. The van der Waals surface area contributed by atoms with Crippen molar-refractivity contribution < 1.29 is 9.90 Å². The fourth-order valence-corrected chi connectivity index (χ4v) is 2.13. The Balaban J connectivity index is 2.26. The lowest BCUT2D eigenvalue weighted by Gasteiger charge is -2.34. The van der Waals surface area contributed by atoms with Crippen LogP contribution in [0.2, 0.25) is 0 Å². The number of likely N-dealkylation sites (tertiary alicyclic amines) is 1. The van der Waals surface area contributed by atoms with E-state index in [-0.39, 0.29) is 6.04 Å². The van der Waals surface area contributed by atoms with Gasteiger partial charge in [0.15, 0.2) is 0 Å². The van der Waals surface area contributed by atoms with Crippen molar-refractivity contribution in [3.63, 3.8) is 0 Å². The molecule has 1 heterocycles. The largest absolute Gasteiger partial charge is 0.480 e. The number of rotatable bonds is 5. The van der Waals surface area contributed by atoms with Crippen LogP contribution in [0.5, 0.6) is 0 Å². The highest BCUT2D eigenvalue weighted by Gasteiger charge is 2.25. The van der Waals surface area contributed by atoms with E-state index in [1.165, 1.54) is 6.42 Å². The average Bonchev–Trinajstić information content (AvgIpc) is 2.26. The number of aliphatic carboxylic acids is 1. The molecule has 1 unspecified atom stereocenters. The highest BCUT2D eigenvalue weighted by molar-refractivity contribution is 5.72. The topological polar surface area (TPSA) is 52.6 Å². The van der Waals surface area contributed by atoms with Crippen molar-refractivity contribution in [3.8, 4) is 0 Å². The molecular formula is C11H22N2O2. The highest BCUT2D eigenvalue weighted by atomic mass is 16.4. The molecule has 2 N–H and O–H groups in total. The SMILES string of the molecule is CNCCC1CCN(C(C)C(=O)O)CC1. The van der Waals surface area contributed by atoms with Gasteiger partial charge in [-0.05, 0) is 58.8 Å². The van der Waals surface area contributed by atoms with Gasteiger partial charge in [-0.1, -0.05) is 0 Å². The maximum atomic E-state index is 10.8. The molecule has 0 bridgehead atoms. The molecule has 4 nitrogen and oxygen atoms in total. The maximum absolute atomic E-state index is 10.8. The molecule has 0 aromatic rings. The third-order valence-electron chi connectivity index (χ3n) is 3.36. The zero-order chi connectivity index (χ0) is 11.3. The first-order valence-electron chi connectivity index (χ1n) is 5.76. The summed E-state index contributed by atoms with van der Waals surface area (Å²) in [6.45, 7) is 4.71. The number of nitrogens with one attached hydrogen (secondary N) is 1. The molecule has 1 fully saturated rings. The second kappa shape index (κ2) is 6.08. The van der Waals surface area contributed by atoms with Gasteiger partial charge in [0.05, 0.1) is 0 Å². The lowest BCUT2D eigenvalue weighted by molar-refractivity contribution is -0.143. The minimum absolute atomic E-state index is 0.324. The van der Waals surface area contributed by atoms with Crippen LogP contribution in [0.1, 0.15) is 26.2 Å². The molecular weight excluding hydrogens is 192 g/mol. The van der Waals surface area contributed by atoms with E-state index in [1.807, 2.05) is 7.05 Å². The van der Waals surface area contributed by atoms with Gasteiger partial charge in [0.25, 0.3) is 0 Å². The van der Waals surface area contributed by atoms with E-state index in [1.54, 1.807) is 6.92 Å². The second-order valence-electron chi connectivity index (χ2n) is 4.39. The Morgan fingerprint density at radius 3 is 2.60 bits per heavy atom. The zero-order valence-electron chi connectivity index (χ0n) is 9.70. The number of hydrogen-bond acceptors (Lipinski definition) is 3. The first kappa shape index (κ1) is 12.5. The van der Waals surface area contributed by atoms with Crippen molar-refractivity contribution >= 4 is 5.97 Å². The Kier molecular flexibility index (Phi) is 5.05. The molecule has 0 aromatic carbocycles. The highest BCUT2D eigenvalue weighted by Crippen LogP contribution is 2.21. The summed E-state index contributed by atoms with van der Waals surface area (Å²) in [5.74, 6) is 0.0679. The summed E-state index contributed by atoms with van der Waals surface area (Å²) in [5, 5.41) is 12.0. The predicted molar refractivity (Wildman–Crippen MR) is 59.9 cm³/mol. The Hall–Kier alpha value is -0.610. The summed E-state index contributed by atoms with van der Waals surface area (Å²) in [7, 11) is 1.97. The van der Waals surface area contributed by atoms with Gasteiger partial charge >= 0.3 is 5.97 Å². The van der Waals surface area contributed by atoms with Crippen molar-refractivity contribution in [2.24, 2.45) is 5.92 Å². The Bertz CT molecular complexity index is 201. The minimum atomic E-state index is -0.705. The van der Waals surface area contributed by atoms with E-state index in [4.69, 9.17) is 5.11 Å². The van der Waals surface area contributed by atoms with E-state index in [0.29, 0.717) is 0 Å². The maximum Gasteiger partial charge on any atom is 0.320 e. The third kappa shape index (κ3) is 3.80. The van der Waals surface area contributed by atoms with Crippen LogP contribution < -0.4 is 5.32 Å². The standard InChI is InChI=1S/C11H22N2O2/c1-9(11(14)15)13-7-4-10(5-8-13)3-6-12-2/h9-10,12H,3-8H2,1-2H3,(H,14,15). The van der Waals surface area contributed by atoms with Gasteiger partial charge in [-0.15, -0.1) is 0 Å². The molecule has 0 radical (unpaired) electrons. The summed E-state index contributed by atoms with van der Waals surface area (Å²) >= 11 is 0. The van der Waals surface area contributed by atoms with Gasteiger partial charge in [0.1, 0.15) is 6.04 Å². The molecule has 88 valence electrons. The molecule has 1 aliphatic rings. The molecule has 0 aromatic heterocycles. The van der Waals surface area contributed by atoms with Crippen LogP contribution in [0.4, 0.5) is 0 Å². The average molecular weight is 214 g/mol. The van der Waals surface area contributed by atoms with Gasteiger partial charge in [-0.2, -0.15) is 0 Å². The number of piperidine rings is 1. The zero-order valence-corrected chi connectivity index (χ0v) is 9.70. The summed E-state index contributed by atoms with van der Waals surface area (Å²) < 4.78 is 0. The van der Waals surface area contributed by atoms with Crippen LogP contribution in [0.3, 0.4) is 0 Å². The molecule has 0 amide bonds. The van der Waals surface area contributed by atoms with Crippen LogP contribution in [0.15, 0.2) is 0 Å². The number of carboxylic acid groups (broad SMARTS) is 1. The van der Waals surface area contributed by atoms with Crippen molar-refractivity contribution in [1.82, 2.24) is 10.2 Å². The van der Waals surface area contributed by atoms with E-state index < -0.39 is 5.97 Å². The molecule has 1 rings (SSSR count). The summed E-state index contributed by atoms with van der Waals surface area (Å²) in [6.07, 6.45) is 3.49. The third-order valence-corrected chi connectivity index (χ3v) is 3.36. The van der Waals surface area contributed by atoms with Gasteiger partial charge in [-0.25, -0.2) is 0 Å². The van der Waals surface area contributed by atoms with Crippen LogP contribution in [0.25, 0.3) is 0 Å². The van der Waals surface area contributed by atoms with Crippen LogP contribution in [-0.4, -0.2) is 48.7 Å². The Labute approximate surface area is 91.6 Å². The fourth-order valence-electron chi connectivity index (χ4n) is 2.13. The smallest absolute Gasteiger partial charge is 0.320 e. The minimum Gasteiger partial charge on any atom is -0.480 e. The molecule has 0 aliphatic carbocycles. The number of carbonyl (C=O) groups is 1. The lowest BCUT2D eigenvalue weighted by atomic mass is 9.93. The lowest BCUT2D eigenvalue weighted by Crippen LogP contribution is -2.44. The molecule has 1 aliphatic heterocycles. The van der Waals surface area contributed by atoms with E-state index in [2.05, 4.69) is 10.2 Å². The summed E-state index contributed by atoms with van der Waals surface area (Å²) in [4.78, 5) is 12.9. The van der Waals surface area contributed by atoms with Crippen molar-refractivity contribution in [1.29, 1.82) is 0 Å². The number of nitrogens with zero attached hydrogens (tertiary/aromatic N) is 1. The van der Waals surface area contributed by atoms with Crippen molar-refractivity contribution in [2.45, 2.75) is 32.2 Å². The predicted octanol–water partition coefficient (Wildman–Crippen LogP) is 0.781. The normalized spacial score (nSPS) is 21.5. The van der Waals surface area contributed by atoms with Gasteiger partial charge in [0, 0.05) is 0 Å². The molecule has 4 heteroatoms. The molecule has 1 atom stereocenters. The van der Waals surface area contributed by atoms with E-state index in [0.717, 1.165) is 38.4 Å². The summed E-state index contributed by atoms with van der Waals surface area (Å²) in [5.41, 5.74) is 0. The van der Waals surface area contributed by atoms with Gasteiger partial charge in [-0.3, -0.25) is 9.69 Å². The van der Waals surface area contributed by atoms with Crippen LogP contribution in [0, 0.1) is 5.92 Å². The van der Waals surface area contributed by atoms with Gasteiger partial charge in [0.2, 0.25) is 0 Å². The van der Waals surface area contributed by atoms with Crippen molar-refractivity contribution in [3.05, 3.63) is 0 Å². The second-order valence-corrected chi connectivity index (χ2v) is 4.39. The first-order chi connectivity index (χ1) is 7.15. The molecule has 0 saturated carbocycles. The summed E-state index contributed by atoms with van der Waals surface area (Å²) in [6, 6.07) is -0.324. The molecule has 1 saturated heterocycles. The fraction of sp³-hybridized carbons (Fsp3) is 0.909. The molecule has 15 heavy (non-hydrogen) atoms. The Morgan fingerprint density at radius 2 is 2.13 bits per heavy atom. The number of hydrogen-bond donors (Lipinski definition) is 2. The molecule has 0 spiro atoms. The monoisotopic (exact) mass is 214 g/mol. The quantitative estimate of drug-likeness (QED) is 0.710. The van der Waals surface area contributed by atoms with Crippen molar-refractivity contribution in [2.75, 3.05) is 26.7 Å². The van der Waals surface area contributed by atoms with Crippen LogP contribution in [-0.2, 0) is 4.79 Å². The van der Waals surface area contributed by atoms with E-state index in [9.17, 15) is 4.79 Å². The van der Waals surface area contributed by atoms with Gasteiger partial charge < -0.3 is 10.4 Å². The van der Waals surface area contributed by atoms with Crippen LogP contribution >= 0.6 is 0 Å². The number of carboxylic acids is 1.